The van der Waals surface area contributed by atoms with Gasteiger partial charge in [0.2, 0.25) is 5.91 Å². The van der Waals surface area contributed by atoms with Crippen molar-refractivity contribution < 1.29 is 24.2 Å². The zero-order valence-electron chi connectivity index (χ0n) is 12.6. The van der Waals surface area contributed by atoms with Crippen molar-refractivity contribution >= 4 is 17.8 Å². The average molecular weight is 299 g/mol. The van der Waals surface area contributed by atoms with Gasteiger partial charge in [0.25, 0.3) is 0 Å². The highest BCUT2D eigenvalue weighted by atomic mass is 16.5. The Hall–Kier alpha value is -1.59. The van der Waals surface area contributed by atoms with Crippen molar-refractivity contribution in [2.45, 2.75) is 63.8 Å². The Labute approximate surface area is 125 Å². The highest BCUT2D eigenvalue weighted by Crippen LogP contribution is 2.27. The minimum absolute atomic E-state index is 0.0175. The molecule has 6 heteroatoms. The topological polar surface area (TPSA) is 92.7 Å². The minimum atomic E-state index is -1.12. The second-order valence-corrected chi connectivity index (χ2v) is 5.62. The van der Waals surface area contributed by atoms with Crippen molar-refractivity contribution in [2.75, 3.05) is 7.11 Å². The minimum Gasteiger partial charge on any atom is -0.480 e. The van der Waals surface area contributed by atoms with E-state index >= 15 is 0 Å². The highest BCUT2D eigenvalue weighted by molar-refractivity contribution is 5.84. The first-order valence-electron chi connectivity index (χ1n) is 7.62. The molecule has 1 aliphatic carbocycles. The molecule has 21 heavy (non-hydrogen) atoms. The number of hydrogen-bond donors (Lipinski definition) is 2. The van der Waals surface area contributed by atoms with Gasteiger partial charge >= 0.3 is 11.9 Å². The lowest BCUT2D eigenvalue weighted by molar-refractivity contribution is -0.144. The van der Waals surface area contributed by atoms with Crippen LogP contribution >= 0.6 is 0 Å². The zero-order valence-corrected chi connectivity index (χ0v) is 12.6. The Bertz CT molecular complexity index is 363. The maximum absolute atomic E-state index is 11.8. The Kier molecular flexibility index (Phi) is 7.79. The summed E-state index contributed by atoms with van der Waals surface area (Å²) in [6.45, 7) is 0. The highest BCUT2D eigenvalue weighted by Gasteiger charge is 2.22. The van der Waals surface area contributed by atoms with E-state index in [1.165, 1.54) is 26.4 Å². The molecule has 0 radical (unpaired) electrons. The van der Waals surface area contributed by atoms with E-state index in [-0.39, 0.29) is 18.7 Å². The number of carboxylic acid groups (broad SMARTS) is 1. The fraction of sp³-hybridized carbons (Fsp3) is 0.800. The molecule has 1 saturated carbocycles. The molecule has 1 fully saturated rings. The first-order chi connectivity index (χ1) is 10.0. The van der Waals surface area contributed by atoms with E-state index in [0.29, 0.717) is 12.3 Å². The number of amides is 1. The smallest absolute Gasteiger partial charge is 0.326 e. The number of carbonyl (C=O) groups is 3. The summed E-state index contributed by atoms with van der Waals surface area (Å²) in [5, 5.41) is 11.5. The molecule has 0 aromatic heterocycles. The SMILES string of the molecule is COC(=O)CC[C@H](NC(=O)CCC1CCCCC1)C(=O)O. The molecule has 6 nitrogen and oxygen atoms in total. The molecule has 0 bridgehead atoms. The standard InChI is InChI=1S/C15H25NO5/c1-21-14(18)10-8-12(15(19)20)16-13(17)9-7-11-5-3-2-4-6-11/h11-12H,2-10H2,1H3,(H,16,17)(H,19,20)/t12-/m0/s1. The van der Waals surface area contributed by atoms with Crippen LogP contribution in [0.1, 0.15) is 57.8 Å². The number of nitrogens with one attached hydrogen (secondary N) is 1. The predicted octanol–water partition coefficient (Wildman–Crippen LogP) is 1.87. The van der Waals surface area contributed by atoms with Gasteiger partial charge in [0.15, 0.2) is 0 Å². The molecule has 1 rings (SSSR count). The van der Waals surface area contributed by atoms with Gasteiger partial charge in [-0.05, 0) is 18.8 Å². The van der Waals surface area contributed by atoms with Crippen LogP contribution in [0.5, 0.6) is 0 Å². The first kappa shape index (κ1) is 17.5. The van der Waals surface area contributed by atoms with Crippen molar-refractivity contribution in [1.82, 2.24) is 5.32 Å². The lowest BCUT2D eigenvalue weighted by Crippen LogP contribution is -2.41. The molecule has 0 aromatic rings. The number of aliphatic carboxylic acids is 1. The van der Waals surface area contributed by atoms with Crippen molar-refractivity contribution in [3.8, 4) is 0 Å². The van der Waals surface area contributed by atoms with Crippen LogP contribution in [0.4, 0.5) is 0 Å². The van der Waals surface area contributed by atoms with Gasteiger partial charge in [-0.25, -0.2) is 4.79 Å². The van der Waals surface area contributed by atoms with Gasteiger partial charge in [-0.1, -0.05) is 32.1 Å². The average Bonchev–Trinajstić information content (AvgIpc) is 2.49. The summed E-state index contributed by atoms with van der Waals surface area (Å²) in [4.78, 5) is 33.9. The van der Waals surface area contributed by atoms with Gasteiger partial charge in [0, 0.05) is 12.8 Å². The van der Waals surface area contributed by atoms with Crippen LogP contribution in [0.15, 0.2) is 0 Å². The molecule has 2 N–H and O–H groups in total. The zero-order chi connectivity index (χ0) is 15.7. The van der Waals surface area contributed by atoms with Crippen LogP contribution in [-0.2, 0) is 19.1 Å². The van der Waals surface area contributed by atoms with Gasteiger partial charge in [-0.2, -0.15) is 0 Å². The lowest BCUT2D eigenvalue weighted by atomic mass is 9.86. The number of ether oxygens (including phenoxy) is 1. The van der Waals surface area contributed by atoms with Gasteiger partial charge in [-0.15, -0.1) is 0 Å². The molecular formula is C15H25NO5. The molecule has 120 valence electrons. The molecule has 1 amide bonds. The molecule has 0 spiro atoms. The van der Waals surface area contributed by atoms with Gasteiger partial charge < -0.3 is 15.2 Å². The Balaban J connectivity index is 2.30. The maximum Gasteiger partial charge on any atom is 0.326 e. The second kappa shape index (κ2) is 9.37. The van der Waals surface area contributed by atoms with Gasteiger partial charge in [0.05, 0.1) is 7.11 Å². The van der Waals surface area contributed by atoms with E-state index in [1.54, 1.807) is 0 Å². The van der Waals surface area contributed by atoms with E-state index in [2.05, 4.69) is 10.1 Å². The lowest BCUT2D eigenvalue weighted by Gasteiger charge is -2.21. The van der Waals surface area contributed by atoms with Crippen LogP contribution in [0.25, 0.3) is 0 Å². The summed E-state index contributed by atoms with van der Waals surface area (Å²) < 4.78 is 4.47. The largest absolute Gasteiger partial charge is 0.480 e. The summed E-state index contributed by atoms with van der Waals surface area (Å²) in [5.41, 5.74) is 0. The van der Waals surface area contributed by atoms with Crippen LogP contribution in [-0.4, -0.2) is 36.1 Å². The Morgan fingerprint density at radius 1 is 1.19 bits per heavy atom. The molecule has 1 aliphatic rings. The van der Waals surface area contributed by atoms with Gasteiger partial charge in [0.1, 0.15) is 6.04 Å². The fourth-order valence-electron chi connectivity index (χ4n) is 2.70. The molecule has 0 aliphatic heterocycles. The van der Waals surface area contributed by atoms with Crippen LogP contribution in [0.3, 0.4) is 0 Å². The van der Waals surface area contributed by atoms with Crippen molar-refractivity contribution in [3.05, 3.63) is 0 Å². The number of hydrogen-bond acceptors (Lipinski definition) is 4. The molecule has 0 unspecified atom stereocenters. The summed E-state index contributed by atoms with van der Waals surface area (Å²) in [7, 11) is 1.25. The van der Waals surface area contributed by atoms with E-state index in [9.17, 15) is 14.4 Å². The maximum atomic E-state index is 11.8. The quantitative estimate of drug-likeness (QED) is 0.667. The first-order valence-corrected chi connectivity index (χ1v) is 7.62. The van der Waals surface area contributed by atoms with Crippen LogP contribution < -0.4 is 5.32 Å². The molecule has 0 saturated heterocycles. The number of carboxylic acids is 1. The summed E-state index contributed by atoms with van der Waals surface area (Å²) >= 11 is 0. The van der Waals surface area contributed by atoms with E-state index in [0.717, 1.165) is 19.3 Å². The third-order valence-electron chi connectivity index (χ3n) is 4.00. The molecule has 0 heterocycles. The number of carbonyl (C=O) groups excluding carboxylic acids is 2. The molecular weight excluding hydrogens is 274 g/mol. The predicted molar refractivity (Wildman–Crippen MR) is 76.6 cm³/mol. The Morgan fingerprint density at radius 3 is 2.43 bits per heavy atom. The van der Waals surface area contributed by atoms with E-state index < -0.39 is 18.0 Å². The van der Waals surface area contributed by atoms with Crippen molar-refractivity contribution in [1.29, 1.82) is 0 Å². The number of methoxy groups -OCH3 is 1. The molecule has 1 atom stereocenters. The van der Waals surface area contributed by atoms with Crippen LogP contribution in [0, 0.1) is 5.92 Å². The normalized spacial score (nSPS) is 17.0. The second-order valence-electron chi connectivity index (χ2n) is 5.62. The Morgan fingerprint density at radius 2 is 1.86 bits per heavy atom. The van der Waals surface area contributed by atoms with E-state index in [1.807, 2.05) is 0 Å². The summed E-state index contributed by atoms with van der Waals surface area (Å²) in [5.74, 6) is -1.26. The van der Waals surface area contributed by atoms with Crippen molar-refractivity contribution in [3.63, 3.8) is 0 Å². The number of rotatable bonds is 8. The summed E-state index contributed by atoms with van der Waals surface area (Å²) in [6, 6.07) is -1.03. The van der Waals surface area contributed by atoms with Crippen LogP contribution in [0.2, 0.25) is 0 Å². The third-order valence-corrected chi connectivity index (χ3v) is 4.00. The van der Waals surface area contributed by atoms with E-state index in [4.69, 9.17) is 5.11 Å². The third kappa shape index (κ3) is 7.11. The number of esters is 1. The monoisotopic (exact) mass is 299 g/mol. The molecule has 0 aromatic carbocycles. The van der Waals surface area contributed by atoms with Crippen molar-refractivity contribution in [2.24, 2.45) is 5.92 Å². The fourth-order valence-corrected chi connectivity index (χ4v) is 2.70. The summed E-state index contributed by atoms with van der Waals surface area (Å²) in [6.07, 6.45) is 7.26. The van der Waals surface area contributed by atoms with Gasteiger partial charge in [-0.3, -0.25) is 9.59 Å².